The number of amides is 1. The lowest BCUT2D eigenvalue weighted by Crippen LogP contribution is -2.45. The molecule has 1 unspecified atom stereocenters. The van der Waals surface area contributed by atoms with Gasteiger partial charge in [0.2, 0.25) is 0 Å². The zero-order valence-corrected chi connectivity index (χ0v) is 17.1. The van der Waals surface area contributed by atoms with Crippen molar-refractivity contribution in [2.45, 2.75) is 26.8 Å². The zero-order chi connectivity index (χ0) is 19.3. The number of fused-ring (bicyclic) bond motifs is 3. The van der Waals surface area contributed by atoms with Gasteiger partial charge < -0.3 is 9.67 Å². The van der Waals surface area contributed by atoms with Gasteiger partial charge >= 0.3 is 0 Å². The van der Waals surface area contributed by atoms with E-state index < -0.39 is 0 Å². The number of benzene rings is 2. The molecule has 27 heavy (non-hydrogen) atoms. The van der Waals surface area contributed by atoms with Gasteiger partial charge in [0, 0.05) is 21.9 Å². The minimum Gasteiger partial charge on any atom is -0.508 e. The average Bonchev–Trinajstić information content (AvgIpc) is 3.08. The number of nitrogens with zero attached hydrogens (tertiary/aromatic N) is 2. The number of carbonyl (C=O) groups is 1. The van der Waals surface area contributed by atoms with E-state index >= 15 is 0 Å². The van der Waals surface area contributed by atoms with Gasteiger partial charge in [-0.25, -0.2) is 0 Å². The molecule has 2 aromatic carbocycles. The van der Waals surface area contributed by atoms with Gasteiger partial charge in [-0.3, -0.25) is 9.69 Å². The van der Waals surface area contributed by atoms with Crippen LogP contribution in [-0.4, -0.2) is 15.6 Å². The van der Waals surface area contributed by atoms with Crippen LogP contribution in [0, 0.1) is 5.41 Å². The first-order valence-electron chi connectivity index (χ1n) is 8.87. The minimum absolute atomic E-state index is 0.0817. The number of phenolic OH excluding ortho intramolecular Hbond substituents is 1. The molecule has 2 heterocycles. The molecule has 1 aromatic heterocycles. The molecule has 1 aliphatic rings. The van der Waals surface area contributed by atoms with Crippen molar-refractivity contribution in [3.8, 4) is 11.4 Å². The van der Waals surface area contributed by atoms with Crippen molar-refractivity contribution < 1.29 is 9.90 Å². The van der Waals surface area contributed by atoms with Gasteiger partial charge in [0.1, 0.15) is 5.75 Å². The van der Waals surface area contributed by atoms with E-state index in [0.717, 1.165) is 21.5 Å². The fraction of sp³-hybridized carbons (Fsp3) is 0.227. The topological polar surface area (TPSA) is 45.5 Å². The lowest BCUT2D eigenvalue weighted by molar-refractivity contribution is 0.0950. The molecule has 138 valence electrons. The normalized spacial score (nSPS) is 16.0. The number of anilines is 1. The Hall–Kier alpha value is -2.53. The highest BCUT2D eigenvalue weighted by atomic mass is 79.9. The van der Waals surface area contributed by atoms with E-state index in [2.05, 4.69) is 47.3 Å². The number of aromatic hydroxyl groups is 1. The van der Waals surface area contributed by atoms with Crippen molar-refractivity contribution in [2.75, 3.05) is 4.90 Å². The first-order valence-corrected chi connectivity index (χ1v) is 9.66. The van der Waals surface area contributed by atoms with Gasteiger partial charge in [-0.15, -0.1) is 0 Å². The maximum absolute atomic E-state index is 13.6. The number of phenols is 1. The predicted molar refractivity (Wildman–Crippen MR) is 111 cm³/mol. The van der Waals surface area contributed by atoms with Crippen LogP contribution < -0.4 is 4.90 Å². The summed E-state index contributed by atoms with van der Waals surface area (Å²) >= 11 is 3.55. The van der Waals surface area contributed by atoms with E-state index in [-0.39, 0.29) is 23.1 Å². The molecule has 5 heteroatoms. The van der Waals surface area contributed by atoms with Crippen LogP contribution in [0.2, 0.25) is 0 Å². The van der Waals surface area contributed by atoms with Crippen molar-refractivity contribution in [1.82, 2.24) is 4.57 Å². The number of hydrogen-bond donors (Lipinski definition) is 1. The minimum atomic E-state index is -0.178. The average molecular weight is 425 g/mol. The van der Waals surface area contributed by atoms with Gasteiger partial charge in [-0.05, 0) is 60.0 Å². The Labute approximate surface area is 167 Å². The van der Waals surface area contributed by atoms with Gasteiger partial charge in [0.05, 0.1) is 17.4 Å². The third-order valence-corrected chi connectivity index (χ3v) is 5.42. The van der Waals surface area contributed by atoms with E-state index in [1.807, 2.05) is 35.4 Å². The van der Waals surface area contributed by atoms with Crippen LogP contribution in [0.15, 0.2) is 65.3 Å². The maximum Gasteiger partial charge on any atom is 0.258 e. The molecule has 0 saturated heterocycles. The molecule has 1 N–H and O–H groups in total. The summed E-state index contributed by atoms with van der Waals surface area (Å²) < 4.78 is 3.09. The SMILES string of the molecule is CC(C)(C)C1c2cccn2-c2ccc(Br)cc2N1C(=O)c1ccc(O)cc1. The smallest absolute Gasteiger partial charge is 0.258 e. The zero-order valence-electron chi connectivity index (χ0n) is 15.5. The Morgan fingerprint density at radius 3 is 2.41 bits per heavy atom. The summed E-state index contributed by atoms with van der Waals surface area (Å²) in [6.07, 6.45) is 2.04. The van der Waals surface area contributed by atoms with Crippen LogP contribution in [0.1, 0.15) is 42.9 Å². The van der Waals surface area contributed by atoms with Crippen LogP contribution in [-0.2, 0) is 0 Å². The first-order chi connectivity index (χ1) is 12.8. The van der Waals surface area contributed by atoms with Gasteiger partial charge in [-0.2, -0.15) is 0 Å². The van der Waals surface area contributed by atoms with Crippen molar-refractivity contribution in [3.63, 3.8) is 0 Å². The van der Waals surface area contributed by atoms with Gasteiger partial charge in [-0.1, -0.05) is 36.7 Å². The van der Waals surface area contributed by atoms with Crippen molar-refractivity contribution in [3.05, 3.63) is 76.5 Å². The molecule has 1 aliphatic heterocycles. The molecule has 4 rings (SSSR count). The molecular weight excluding hydrogens is 404 g/mol. The molecule has 0 fully saturated rings. The number of aromatic nitrogens is 1. The lowest BCUT2D eigenvalue weighted by Gasteiger charge is -2.44. The number of halogens is 1. The van der Waals surface area contributed by atoms with Crippen LogP contribution in [0.25, 0.3) is 5.69 Å². The van der Waals surface area contributed by atoms with E-state index in [4.69, 9.17) is 0 Å². The summed E-state index contributed by atoms with van der Waals surface area (Å²) in [4.78, 5) is 15.5. The van der Waals surface area contributed by atoms with Gasteiger partial charge in [0.25, 0.3) is 5.91 Å². The molecule has 0 spiro atoms. The van der Waals surface area contributed by atoms with Crippen molar-refractivity contribution >= 4 is 27.5 Å². The third kappa shape index (κ3) is 2.96. The standard InChI is InChI=1S/C22H21BrN2O2/c1-22(2,3)20-18-5-4-12-24(18)17-11-8-15(23)13-19(17)25(20)21(27)14-6-9-16(26)10-7-14/h4-13,20,26H,1-3H3. The Bertz CT molecular complexity index is 1020. The Morgan fingerprint density at radius 1 is 1.04 bits per heavy atom. The van der Waals surface area contributed by atoms with E-state index in [0.29, 0.717) is 5.56 Å². The third-order valence-electron chi connectivity index (χ3n) is 4.93. The number of hydrogen-bond acceptors (Lipinski definition) is 2. The Kier molecular flexibility index (Phi) is 4.15. The van der Waals surface area contributed by atoms with Crippen LogP contribution in [0.4, 0.5) is 5.69 Å². The quantitative estimate of drug-likeness (QED) is 0.544. The fourth-order valence-electron chi connectivity index (χ4n) is 3.80. The monoisotopic (exact) mass is 424 g/mol. The highest BCUT2D eigenvalue weighted by molar-refractivity contribution is 9.10. The summed E-state index contributed by atoms with van der Waals surface area (Å²) in [6, 6.07) is 16.4. The summed E-state index contributed by atoms with van der Waals surface area (Å²) in [7, 11) is 0. The molecular formula is C22H21BrN2O2. The molecule has 0 radical (unpaired) electrons. The van der Waals surface area contributed by atoms with E-state index in [9.17, 15) is 9.90 Å². The summed E-state index contributed by atoms with van der Waals surface area (Å²) in [5, 5.41) is 9.59. The Morgan fingerprint density at radius 2 is 1.74 bits per heavy atom. The van der Waals surface area contributed by atoms with Crippen molar-refractivity contribution in [1.29, 1.82) is 0 Å². The van der Waals surface area contributed by atoms with Gasteiger partial charge in [0.15, 0.2) is 0 Å². The molecule has 3 aromatic rings. The first kappa shape index (κ1) is 17.9. The molecule has 1 atom stereocenters. The maximum atomic E-state index is 13.6. The second-order valence-corrected chi connectivity index (χ2v) is 8.84. The summed E-state index contributed by atoms with van der Waals surface area (Å²) in [5.74, 6) is 0.0660. The fourth-order valence-corrected chi connectivity index (χ4v) is 4.15. The lowest BCUT2D eigenvalue weighted by atomic mass is 9.81. The largest absolute Gasteiger partial charge is 0.508 e. The second kappa shape index (κ2) is 6.27. The molecule has 0 saturated carbocycles. The van der Waals surface area contributed by atoms with Crippen LogP contribution in [0.5, 0.6) is 5.75 Å². The highest BCUT2D eigenvalue weighted by Gasteiger charge is 2.42. The Balaban J connectivity index is 1.96. The highest BCUT2D eigenvalue weighted by Crippen LogP contribution is 2.48. The number of carbonyl (C=O) groups excluding carboxylic acids is 1. The second-order valence-electron chi connectivity index (χ2n) is 7.93. The molecule has 1 amide bonds. The predicted octanol–water partition coefficient (Wildman–Crippen LogP) is 5.69. The van der Waals surface area contributed by atoms with Crippen LogP contribution >= 0.6 is 15.9 Å². The van der Waals surface area contributed by atoms with Crippen LogP contribution in [0.3, 0.4) is 0 Å². The molecule has 0 bridgehead atoms. The summed E-state index contributed by atoms with van der Waals surface area (Å²) in [6.45, 7) is 6.44. The molecule has 4 nitrogen and oxygen atoms in total. The van der Waals surface area contributed by atoms with E-state index in [1.54, 1.807) is 24.3 Å². The molecule has 0 aliphatic carbocycles. The number of rotatable bonds is 1. The van der Waals surface area contributed by atoms with E-state index in [1.165, 1.54) is 0 Å². The summed E-state index contributed by atoms with van der Waals surface area (Å²) in [5.41, 5.74) is 3.30. The van der Waals surface area contributed by atoms with Crippen molar-refractivity contribution in [2.24, 2.45) is 5.41 Å².